The van der Waals surface area contributed by atoms with Gasteiger partial charge in [-0.2, -0.15) is 0 Å². The Kier molecular flexibility index (Phi) is 3.16. The molecule has 0 spiro atoms. The number of hydrazine groups is 1. The van der Waals surface area contributed by atoms with Gasteiger partial charge in [-0.05, 0) is 43.4 Å². The summed E-state index contributed by atoms with van der Waals surface area (Å²) < 4.78 is 0. The number of rotatable bonds is 3. The molecule has 0 aromatic carbocycles. The summed E-state index contributed by atoms with van der Waals surface area (Å²) in [6, 6.07) is 5.75. The molecule has 0 aliphatic heterocycles. The van der Waals surface area contributed by atoms with Crippen LogP contribution in [0.4, 0.5) is 11.6 Å². The molecular formula is C15H15N5S. The Hall–Kier alpha value is -2.21. The Bertz CT molecular complexity index is 768. The van der Waals surface area contributed by atoms with E-state index in [0.29, 0.717) is 0 Å². The van der Waals surface area contributed by atoms with E-state index in [0.717, 1.165) is 22.9 Å². The van der Waals surface area contributed by atoms with E-state index in [1.165, 1.54) is 35.1 Å². The van der Waals surface area contributed by atoms with Gasteiger partial charge in [0.25, 0.3) is 0 Å². The fraction of sp³-hybridized carbons (Fsp3) is 0.267. The summed E-state index contributed by atoms with van der Waals surface area (Å²) in [5.74, 6) is 1.61. The van der Waals surface area contributed by atoms with Crippen molar-refractivity contribution in [1.29, 1.82) is 0 Å². The van der Waals surface area contributed by atoms with E-state index in [2.05, 4.69) is 25.8 Å². The maximum atomic E-state index is 4.43. The van der Waals surface area contributed by atoms with Crippen LogP contribution in [0.5, 0.6) is 0 Å². The maximum absolute atomic E-state index is 4.43. The van der Waals surface area contributed by atoms with Gasteiger partial charge in [-0.1, -0.05) is 6.07 Å². The second kappa shape index (κ2) is 5.29. The summed E-state index contributed by atoms with van der Waals surface area (Å²) >= 11 is 1.80. The minimum absolute atomic E-state index is 0.772. The predicted octanol–water partition coefficient (Wildman–Crippen LogP) is 3.40. The first kappa shape index (κ1) is 12.5. The highest BCUT2D eigenvalue weighted by Gasteiger charge is 2.19. The lowest BCUT2D eigenvalue weighted by Gasteiger charge is -2.13. The maximum Gasteiger partial charge on any atom is 0.156 e. The van der Waals surface area contributed by atoms with Gasteiger partial charge in [-0.25, -0.2) is 15.0 Å². The average molecular weight is 297 g/mol. The largest absolute Gasteiger partial charge is 0.283 e. The molecule has 5 nitrogen and oxygen atoms in total. The van der Waals surface area contributed by atoms with Crippen molar-refractivity contribution in [2.45, 2.75) is 25.7 Å². The number of anilines is 2. The normalized spacial score (nSPS) is 13.9. The first-order chi connectivity index (χ1) is 10.4. The van der Waals surface area contributed by atoms with Gasteiger partial charge in [0.05, 0.1) is 5.39 Å². The van der Waals surface area contributed by atoms with Crippen LogP contribution in [-0.4, -0.2) is 15.0 Å². The second-order valence-corrected chi connectivity index (χ2v) is 6.16. The Morgan fingerprint density at radius 1 is 1.00 bits per heavy atom. The van der Waals surface area contributed by atoms with Gasteiger partial charge in [-0.15, -0.1) is 11.3 Å². The van der Waals surface area contributed by atoms with Crippen LogP contribution >= 0.6 is 11.3 Å². The van der Waals surface area contributed by atoms with Crippen molar-refractivity contribution in [1.82, 2.24) is 15.0 Å². The third-order valence-electron chi connectivity index (χ3n) is 3.73. The number of aryl methyl sites for hydroxylation is 2. The number of pyridine rings is 1. The zero-order chi connectivity index (χ0) is 14.1. The van der Waals surface area contributed by atoms with Crippen LogP contribution in [0.1, 0.15) is 23.3 Å². The van der Waals surface area contributed by atoms with Crippen LogP contribution in [0.15, 0.2) is 30.7 Å². The molecule has 0 amide bonds. The van der Waals surface area contributed by atoms with Crippen molar-refractivity contribution in [3.05, 3.63) is 41.2 Å². The minimum Gasteiger partial charge on any atom is -0.283 e. The van der Waals surface area contributed by atoms with Gasteiger partial charge in [0.15, 0.2) is 5.82 Å². The Morgan fingerprint density at radius 3 is 2.86 bits per heavy atom. The topological polar surface area (TPSA) is 62.7 Å². The molecule has 3 heterocycles. The summed E-state index contributed by atoms with van der Waals surface area (Å²) in [6.45, 7) is 0. The number of nitrogens with zero attached hydrogens (tertiary/aromatic N) is 3. The van der Waals surface area contributed by atoms with Crippen molar-refractivity contribution in [2.75, 3.05) is 10.9 Å². The molecule has 21 heavy (non-hydrogen) atoms. The van der Waals surface area contributed by atoms with Crippen molar-refractivity contribution in [3.63, 3.8) is 0 Å². The molecule has 2 N–H and O–H groups in total. The van der Waals surface area contributed by atoms with Gasteiger partial charge in [0.1, 0.15) is 17.0 Å². The van der Waals surface area contributed by atoms with E-state index >= 15 is 0 Å². The van der Waals surface area contributed by atoms with Crippen LogP contribution < -0.4 is 10.9 Å². The second-order valence-electron chi connectivity index (χ2n) is 5.08. The monoisotopic (exact) mass is 297 g/mol. The standard InChI is InChI=1S/C15H15N5S/c1-2-6-11-10(5-1)13-14(17-9-18-15(13)21-11)20-19-12-7-3-4-8-16-12/h3-4,7-9H,1-2,5-6H2,(H,16,19)(H,17,18,20). The molecule has 0 atom stereocenters. The van der Waals surface area contributed by atoms with Gasteiger partial charge in [0, 0.05) is 11.1 Å². The molecule has 0 fully saturated rings. The molecule has 1 aliphatic carbocycles. The van der Waals surface area contributed by atoms with Gasteiger partial charge >= 0.3 is 0 Å². The summed E-state index contributed by atoms with van der Waals surface area (Å²) in [5, 5.41) is 1.17. The molecule has 106 valence electrons. The first-order valence-electron chi connectivity index (χ1n) is 7.10. The average Bonchev–Trinajstić information content (AvgIpc) is 2.93. The lowest BCUT2D eigenvalue weighted by molar-refractivity contribution is 0.700. The van der Waals surface area contributed by atoms with Gasteiger partial charge < -0.3 is 0 Å². The fourth-order valence-corrected chi connectivity index (χ4v) is 3.97. The van der Waals surface area contributed by atoms with E-state index in [4.69, 9.17) is 0 Å². The predicted molar refractivity (Wildman–Crippen MR) is 85.5 cm³/mol. The number of nitrogens with one attached hydrogen (secondary N) is 2. The van der Waals surface area contributed by atoms with Gasteiger partial charge in [0.2, 0.25) is 0 Å². The third-order valence-corrected chi connectivity index (χ3v) is 4.93. The number of thiophene rings is 1. The summed E-state index contributed by atoms with van der Waals surface area (Å²) in [4.78, 5) is 15.6. The molecule has 3 aromatic rings. The molecule has 1 aliphatic rings. The summed E-state index contributed by atoms with van der Waals surface area (Å²) in [6.07, 6.45) is 8.20. The third kappa shape index (κ3) is 2.31. The Balaban J connectivity index is 1.70. The quantitative estimate of drug-likeness (QED) is 0.725. The first-order valence-corrected chi connectivity index (χ1v) is 7.92. The van der Waals surface area contributed by atoms with Crippen LogP contribution in [0.3, 0.4) is 0 Å². The lowest BCUT2D eigenvalue weighted by atomic mass is 9.97. The van der Waals surface area contributed by atoms with Crippen molar-refractivity contribution < 1.29 is 0 Å². The van der Waals surface area contributed by atoms with E-state index in [-0.39, 0.29) is 0 Å². The molecule has 0 saturated carbocycles. The van der Waals surface area contributed by atoms with Crippen molar-refractivity contribution in [3.8, 4) is 0 Å². The summed E-state index contributed by atoms with van der Waals surface area (Å²) in [5.41, 5.74) is 7.71. The zero-order valence-corrected chi connectivity index (χ0v) is 12.3. The van der Waals surface area contributed by atoms with Crippen molar-refractivity contribution in [2.24, 2.45) is 0 Å². The molecule has 0 radical (unpaired) electrons. The lowest BCUT2D eigenvalue weighted by Crippen LogP contribution is -2.12. The Labute approximate surface area is 126 Å². The smallest absolute Gasteiger partial charge is 0.156 e. The van der Waals surface area contributed by atoms with E-state index in [1.807, 2.05) is 18.2 Å². The van der Waals surface area contributed by atoms with Gasteiger partial charge in [-0.3, -0.25) is 10.9 Å². The minimum atomic E-state index is 0.772. The molecule has 0 bridgehead atoms. The molecular weight excluding hydrogens is 282 g/mol. The molecule has 6 heteroatoms. The highest BCUT2D eigenvalue weighted by molar-refractivity contribution is 7.19. The molecule has 3 aromatic heterocycles. The number of aromatic nitrogens is 3. The van der Waals surface area contributed by atoms with Crippen LogP contribution in [-0.2, 0) is 12.8 Å². The highest BCUT2D eigenvalue weighted by Crippen LogP contribution is 2.37. The molecule has 0 saturated heterocycles. The van der Waals surface area contributed by atoms with Crippen LogP contribution in [0.2, 0.25) is 0 Å². The molecule has 0 unspecified atom stereocenters. The Morgan fingerprint density at radius 2 is 1.95 bits per heavy atom. The highest BCUT2D eigenvalue weighted by atomic mass is 32.1. The number of fused-ring (bicyclic) bond motifs is 3. The SMILES string of the molecule is c1ccc(NNc2ncnc3sc4c(c23)CCCC4)nc1. The zero-order valence-electron chi connectivity index (χ0n) is 11.5. The van der Waals surface area contributed by atoms with E-state index in [9.17, 15) is 0 Å². The van der Waals surface area contributed by atoms with Crippen LogP contribution in [0, 0.1) is 0 Å². The number of hydrogen-bond acceptors (Lipinski definition) is 6. The van der Waals surface area contributed by atoms with E-state index in [1.54, 1.807) is 23.9 Å². The summed E-state index contributed by atoms with van der Waals surface area (Å²) in [7, 11) is 0. The van der Waals surface area contributed by atoms with E-state index < -0.39 is 0 Å². The number of hydrogen-bond donors (Lipinski definition) is 2. The fourth-order valence-electron chi connectivity index (χ4n) is 2.74. The van der Waals surface area contributed by atoms with Crippen molar-refractivity contribution >= 4 is 33.2 Å². The molecule has 4 rings (SSSR count). The van der Waals surface area contributed by atoms with Crippen LogP contribution in [0.25, 0.3) is 10.2 Å².